The minimum Gasteiger partial charge on any atom is -0.505 e. The van der Waals surface area contributed by atoms with Gasteiger partial charge in [0.15, 0.2) is 11.6 Å². The molecule has 0 bridgehead atoms. The number of aromatic hydroxyl groups is 1. The molecule has 2 nitrogen and oxygen atoms in total. The monoisotopic (exact) mass is 203 g/mol. The molecule has 1 rings (SSSR count). The average molecular weight is 204 g/mol. The first-order chi connectivity index (χ1) is 6.02. The van der Waals surface area contributed by atoms with E-state index in [1.165, 1.54) is 6.07 Å². The highest BCUT2D eigenvalue weighted by atomic mass is 35.5. The molecule has 1 aromatic rings. The minimum atomic E-state index is -0.667. The highest BCUT2D eigenvalue weighted by Crippen LogP contribution is 2.29. The third-order valence-corrected chi connectivity index (χ3v) is 2.06. The molecule has 0 aliphatic rings. The van der Waals surface area contributed by atoms with E-state index in [9.17, 15) is 9.50 Å². The van der Waals surface area contributed by atoms with Gasteiger partial charge in [0.05, 0.1) is 0 Å². The highest BCUT2D eigenvalue weighted by Gasteiger charge is 2.12. The first kappa shape index (κ1) is 10.3. The number of nitrogens with two attached hydrogens (primary N) is 1. The average Bonchev–Trinajstić information content (AvgIpc) is 2.05. The van der Waals surface area contributed by atoms with Gasteiger partial charge in [-0.25, -0.2) is 4.39 Å². The van der Waals surface area contributed by atoms with Gasteiger partial charge in [-0.05, 0) is 25.5 Å². The van der Waals surface area contributed by atoms with Crippen LogP contribution in [0.25, 0.3) is 0 Å². The molecule has 13 heavy (non-hydrogen) atoms. The molecule has 0 amide bonds. The lowest BCUT2D eigenvalue weighted by Gasteiger charge is -2.09. The van der Waals surface area contributed by atoms with E-state index in [1.807, 2.05) is 0 Å². The predicted molar refractivity (Wildman–Crippen MR) is 50.4 cm³/mol. The maximum Gasteiger partial charge on any atom is 0.165 e. The lowest BCUT2D eigenvalue weighted by Crippen LogP contribution is -2.18. The van der Waals surface area contributed by atoms with Crippen molar-refractivity contribution in [2.24, 2.45) is 5.73 Å². The van der Waals surface area contributed by atoms with Crippen molar-refractivity contribution < 1.29 is 9.50 Å². The Balaban J connectivity index is 3.10. The van der Waals surface area contributed by atoms with E-state index in [0.29, 0.717) is 17.0 Å². The van der Waals surface area contributed by atoms with Crippen molar-refractivity contribution in [3.63, 3.8) is 0 Å². The fraction of sp³-hybridized carbons (Fsp3) is 0.333. The third-order valence-electron chi connectivity index (χ3n) is 1.70. The lowest BCUT2D eigenvalue weighted by molar-refractivity contribution is 0.424. The van der Waals surface area contributed by atoms with Gasteiger partial charge in [-0.2, -0.15) is 0 Å². The fourth-order valence-corrected chi connectivity index (χ4v) is 1.33. The summed E-state index contributed by atoms with van der Waals surface area (Å²) in [5.74, 6) is -1.06. The zero-order chi connectivity index (χ0) is 10.0. The number of hydrogen-bond donors (Lipinski definition) is 2. The summed E-state index contributed by atoms with van der Waals surface area (Å²) < 4.78 is 12.9. The molecule has 1 aromatic carbocycles. The highest BCUT2D eigenvalue weighted by molar-refractivity contribution is 6.31. The maximum absolute atomic E-state index is 12.9. The van der Waals surface area contributed by atoms with Crippen LogP contribution in [0.3, 0.4) is 0 Å². The molecular weight excluding hydrogens is 193 g/mol. The summed E-state index contributed by atoms with van der Waals surface area (Å²) in [5.41, 5.74) is 5.89. The first-order valence-corrected chi connectivity index (χ1v) is 4.31. The van der Waals surface area contributed by atoms with Crippen LogP contribution in [0.15, 0.2) is 12.1 Å². The number of rotatable bonds is 2. The Morgan fingerprint density at radius 1 is 1.62 bits per heavy atom. The number of phenols is 1. The molecule has 0 spiro atoms. The summed E-state index contributed by atoms with van der Waals surface area (Å²) >= 11 is 5.76. The van der Waals surface area contributed by atoms with Crippen molar-refractivity contribution in [2.45, 2.75) is 19.4 Å². The van der Waals surface area contributed by atoms with Gasteiger partial charge in [-0.3, -0.25) is 0 Å². The Hall–Kier alpha value is -0.800. The molecule has 4 heteroatoms. The maximum atomic E-state index is 12.9. The molecule has 1 atom stereocenters. The van der Waals surface area contributed by atoms with Crippen LogP contribution in [0.1, 0.15) is 12.5 Å². The molecule has 0 aliphatic heterocycles. The van der Waals surface area contributed by atoms with Gasteiger partial charge >= 0.3 is 0 Å². The van der Waals surface area contributed by atoms with Gasteiger partial charge in [0, 0.05) is 16.6 Å². The Morgan fingerprint density at radius 3 is 2.77 bits per heavy atom. The first-order valence-electron chi connectivity index (χ1n) is 3.93. The largest absolute Gasteiger partial charge is 0.505 e. The second kappa shape index (κ2) is 3.94. The summed E-state index contributed by atoms with van der Waals surface area (Å²) in [6, 6.07) is 2.38. The van der Waals surface area contributed by atoms with Gasteiger partial charge in [0.1, 0.15) is 0 Å². The van der Waals surface area contributed by atoms with Crippen molar-refractivity contribution in [2.75, 3.05) is 0 Å². The van der Waals surface area contributed by atoms with E-state index in [-0.39, 0.29) is 6.04 Å². The molecule has 0 heterocycles. The van der Waals surface area contributed by atoms with E-state index < -0.39 is 11.6 Å². The van der Waals surface area contributed by atoms with Crippen molar-refractivity contribution in [3.8, 4) is 5.75 Å². The van der Waals surface area contributed by atoms with Gasteiger partial charge in [0.2, 0.25) is 0 Å². The molecule has 0 radical (unpaired) electrons. The Bertz CT molecular complexity index is 315. The van der Waals surface area contributed by atoms with Crippen LogP contribution in [-0.4, -0.2) is 11.1 Å². The van der Waals surface area contributed by atoms with Gasteiger partial charge in [-0.1, -0.05) is 11.6 Å². The Labute approximate surface area is 81.1 Å². The SMILES string of the molecule is CC(N)Cc1c(Cl)ccc(F)c1O. The molecule has 72 valence electrons. The van der Waals surface area contributed by atoms with Gasteiger partial charge < -0.3 is 10.8 Å². The van der Waals surface area contributed by atoms with Crippen LogP contribution < -0.4 is 5.73 Å². The topological polar surface area (TPSA) is 46.2 Å². The summed E-state index contributed by atoms with van der Waals surface area (Å²) in [5, 5.41) is 9.66. The van der Waals surface area contributed by atoms with Crippen molar-refractivity contribution in [1.82, 2.24) is 0 Å². The summed E-state index contributed by atoms with van der Waals surface area (Å²) in [4.78, 5) is 0. The van der Waals surface area contributed by atoms with Crippen molar-refractivity contribution in [1.29, 1.82) is 0 Å². The molecule has 0 aromatic heterocycles. The van der Waals surface area contributed by atoms with E-state index in [2.05, 4.69) is 0 Å². The Morgan fingerprint density at radius 2 is 2.23 bits per heavy atom. The van der Waals surface area contributed by atoms with Crippen molar-refractivity contribution in [3.05, 3.63) is 28.5 Å². The second-order valence-corrected chi connectivity index (χ2v) is 3.44. The molecule has 1 unspecified atom stereocenters. The molecular formula is C9H11ClFNO. The summed E-state index contributed by atoms with van der Waals surface area (Å²) in [6.07, 6.45) is 0.364. The van der Waals surface area contributed by atoms with E-state index >= 15 is 0 Å². The van der Waals surface area contributed by atoms with Crippen LogP contribution >= 0.6 is 11.6 Å². The molecule has 0 saturated carbocycles. The second-order valence-electron chi connectivity index (χ2n) is 3.04. The molecule has 0 fully saturated rings. The standard InChI is InChI=1S/C9H11ClFNO/c1-5(12)4-6-7(10)2-3-8(11)9(6)13/h2-3,5,13H,4,12H2,1H3. The van der Waals surface area contributed by atoms with E-state index in [1.54, 1.807) is 6.92 Å². The normalized spacial score (nSPS) is 12.9. The number of phenolic OH excluding ortho intramolecular Hbond substituents is 1. The van der Waals surface area contributed by atoms with Crippen LogP contribution in [0.5, 0.6) is 5.75 Å². The van der Waals surface area contributed by atoms with Crippen LogP contribution in [0.4, 0.5) is 4.39 Å². The number of benzene rings is 1. The lowest BCUT2D eigenvalue weighted by atomic mass is 10.1. The smallest absolute Gasteiger partial charge is 0.165 e. The quantitative estimate of drug-likeness (QED) is 0.773. The minimum absolute atomic E-state index is 0.162. The van der Waals surface area contributed by atoms with E-state index in [0.717, 1.165) is 6.07 Å². The number of hydrogen-bond acceptors (Lipinski definition) is 2. The zero-order valence-electron chi connectivity index (χ0n) is 7.22. The van der Waals surface area contributed by atoms with Crippen LogP contribution in [-0.2, 0) is 6.42 Å². The van der Waals surface area contributed by atoms with Crippen molar-refractivity contribution >= 4 is 11.6 Å². The van der Waals surface area contributed by atoms with Gasteiger partial charge in [0.25, 0.3) is 0 Å². The summed E-state index contributed by atoms with van der Waals surface area (Å²) in [7, 11) is 0. The Kier molecular flexibility index (Phi) is 3.12. The zero-order valence-corrected chi connectivity index (χ0v) is 7.98. The fourth-order valence-electron chi connectivity index (χ4n) is 1.10. The van der Waals surface area contributed by atoms with Gasteiger partial charge in [-0.15, -0.1) is 0 Å². The van der Waals surface area contributed by atoms with Crippen LogP contribution in [0, 0.1) is 5.82 Å². The third kappa shape index (κ3) is 2.32. The molecule has 3 N–H and O–H groups in total. The van der Waals surface area contributed by atoms with E-state index in [4.69, 9.17) is 17.3 Å². The predicted octanol–water partition coefficient (Wildman–Crippen LogP) is 2.07. The molecule has 0 aliphatic carbocycles. The van der Waals surface area contributed by atoms with Crippen LogP contribution in [0.2, 0.25) is 5.02 Å². The number of halogens is 2. The molecule has 0 saturated heterocycles. The summed E-state index contributed by atoms with van der Waals surface area (Å²) in [6.45, 7) is 1.76.